The summed E-state index contributed by atoms with van der Waals surface area (Å²) in [7, 11) is 0. The van der Waals surface area contributed by atoms with Gasteiger partial charge in [0, 0.05) is 18.0 Å². The number of benzene rings is 1. The number of aliphatic hydroxyl groups is 1. The summed E-state index contributed by atoms with van der Waals surface area (Å²) in [5.41, 5.74) is 1.18. The van der Waals surface area contributed by atoms with Gasteiger partial charge in [-0.25, -0.2) is 0 Å². The van der Waals surface area contributed by atoms with Crippen molar-refractivity contribution in [1.29, 1.82) is 0 Å². The molecule has 2 N–H and O–H groups in total. The molecule has 1 rings (SSSR count). The van der Waals surface area contributed by atoms with Gasteiger partial charge >= 0.3 is 0 Å². The summed E-state index contributed by atoms with van der Waals surface area (Å²) in [4.78, 5) is 11.5. The van der Waals surface area contributed by atoms with Gasteiger partial charge in [-0.05, 0) is 30.5 Å². The smallest absolute Gasteiger partial charge is 0.220 e. The van der Waals surface area contributed by atoms with E-state index in [1.165, 1.54) is 5.56 Å². The second kappa shape index (κ2) is 9.78. The number of hydrogen-bond acceptors (Lipinski definition) is 3. The van der Waals surface area contributed by atoms with Gasteiger partial charge in [-0.15, -0.1) is 0 Å². The molecule has 0 spiro atoms. The summed E-state index contributed by atoms with van der Waals surface area (Å²) in [6.07, 6.45) is 2.18. The lowest BCUT2D eigenvalue weighted by molar-refractivity contribution is -0.121. The quantitative estimate of drug-likeness (QED) is 0.680. The topological polar surface area (TPSA) is 58.6 Å². The molecule has 0 heterocycles. The van der Waals surface area contributed by atoms with E-state index in [0.717, 1.165) is 17.9 Å². The van der Waals surface area contributed by atoms with Gasteiger partial charge in [-0.1, -0.05) is 23.7 Å². The monoisotopic (exact) mass is 285 g/mol. The number of aliphatic hydroxyl groups excluding tert-OH is 1. The lowest BCUT2D eigenvalue weighted by Crippen LogP contribution is -2.27. The van der Waals surface area contributed by atoms with E-state index in [2.05, 4.69) is 5.32 Å². The molecule has 0 aliphatic carbocycles. The second-order valence-corrected chi connectivity index (χ2v) is 4.60. The second-order valence-electron chi connectivity index (χ2n) is 4.17. The first kappa shape index (κ1) is 16.0. The molecule has 106 valence electrons. The van der Waals surface area contributed by atoms with Crippen molar-refractivity contribution in [3.05, 3.63) is 34.9 Å². The van der Waals surface area contributed by atoms with Crippen molar-refractivity contribution in [1.82, 2.24) is 5.32 Å². The molecule has 5 heteroatoms. The molecule has 0 aliphatic heterocycles. The summed E-state index contributed by atoms with van der Waals surface area (Å²) >= 11 is 5.80. The first-order chi connectivity index (χ1) is 9.22. The van der Waals surface area contributed by atoms with Gasteiger partial charge in [0.2, 0.25) is 5.91 Å². The predicted octanol–water partition coefficient (Wildman–Crippen LogP) is 1.79. The third kappa shape index (κ3) is 7.82. The Morgan fingerprint density at radius 2 is 2.00 bits per heavy atom. The van der Waals surface area contributed by atoms with Crippen LogP contribution in [-0.4, -0.2) is 37.4 Å². The maximum absolute atomic E-state index is 11.5. The Bertz CT molecular complexity index is 367. The summed E-state index contributed by atoms with van der Waals surface area (Å²) in [5.74, 6) is 0.0292. The van der Waals surface area contributed by atoms with Crippen molar-refractivity contribution in [3.8, 4) is 0 Å². The highest BCUT2D eigenvalue weighted by atomic mass is 35.5. The Kier molecular flexibility index (Phi) is 8.21. The zero-order chi connectivity index (χ0) is 13.9. The minimum absolute atomic E-state index is 0.00897. The van der Waals surface area contributed by atoms with Crippen molar-refractivity contribution in [2.75, 3.05) is 26.4 Å². The molecule has 0 fully saturated rings. The number of aryl methyl sites for hydroxylation is 1. The third-order valence-corrected chi connectivity index (χ3v) is 2.84. The number of rotatable bonds is 9. The highest BCUT2D eigenvalue weighted by molar-refractivity contribution is 6.30. The summed E-state index contributed by atoms with van der Waals surface area (Å²) in [6, 6.07) is 7.66. The van der Waals surface area contributed by atoms with E-state index in [1.54, 1.807) is 0 Å². The average Bonchev–Trinajstić information content (AvgIpc) is 2.41. The first-order valence-corrected chi connectivity index (χ1v) is 6.80. The zero-order valence-corrected chi connectivity index (χ0v) is 11.7. The van der Waals surface area contributed by atoms with Crippen LogP contribution < -0.4 is 5.32 Å². The number of hydrogen-bond donors (Lipinski definition) is 2. The van der Waals surface area contributed by atoms with Crippen LogP contribution in [0.25, 0.3) is 0 Å². The van der Waals surface area contributed by atoms with Crippen LogP contribution in [-0.2, 0) is 16.0 Å². The largest absolute Gasteiger partial charge is 0.394 e. The lowest BCUT2D eigenvalue weighted by atomic mass is 10.1. The molecular formula is C14H20ClNO3. The lowest BCUT2D eigenvalue weighted by Gasteiger charge is -2.06. The summed E-state index contributed by atoms with van der Waals surface area (Å²) in [5, 5.41) is 12.0. The van der Waals surface area contributed by atoms with Gasteiger partial charge in [0.25, 0.3) is 0 Å². The van der Waals surface area contributed by atoms with Crippen LogP contribution in [0.15, 0.2) is 24.3 Å². The van der Waals surface area contributed by atoms with Crippen molar-refractivity contribution < 1.29 is 14.6 Å². The highest BCUT2D eigenvalue weighted by Crippen LogP contribution is 2.11. The Balaban J connectivity index is 2.05. The van der Waals surface area contributed by atoms with Crippen LogP contribution in [0.5, 0.6) is 0 Å². The van der Waals surface area contributed by atoms with Crippen LogP contribution in [0, 0.1) is 0 Å². The van der Waals surface area contributed by atoms with Crippen LogP contribution in [0.4, 0.5) is 0 Å². The first-order valence-electron chi connectivity index (χ1n) is 6.42. The summed E-state index contributed by atoms with van der Waals surface area (Å²) in [6.45, 7) is 1.24. The van der Waals surface area contributed by atoms with Crippen molar-refractivity contribution >= 4 is 17.5 Å². The fourth-order valence-electron chi connectivity index (χ4n) is 1.62. The molecule has 0 aliphatic rings. The van der Waals surface area contributed by atoms with Crippen molar-refractivity contribution in [3.63, 3.8) is 0 Å². The summed E-state index contributed by atoms with van der Waals surface area (Å²) < 4.78 is 5.04. The van der Waals surface area contributed by atoms with Crippen LogP contribution in [0.2, 0.25) is 5.02 Å². The predicted molar refractivity (Wildman–Crippen MR) is 75.3 cm³/mol. The molecule has 0 saturated heterocycles. The number of halogens is 1. The molecule has 4 nitrogen and oxygen atoms in total. The normalized spacial score (nSPS) is 10.4. The van der Waals surface area contributed by atoms with Gasteiger partial charge in [-0.2, -0.15) is 0 Å². The molecule has 0 unspecified atom stereocenters. The zero-order valence-electron chi connectivity index (χ0n) is 10.9. The van der Waals surface area contributed by atoms with Crippen LogP contribution in [0.3, 0.4) is 0 Å². The molecule has 1 aromatic rings. The third-order valence-electron chi connectivity index (χ3n) is 2.59. The highest BCUT2D eigenvalue weighted by Gasteiger charge is 2.01. The van der Waals surface area contributed by atoms with E-state index >= 15 is 0 Å². The van der Waals surface area contributed by atoms with E-state index < -0.39 is 0 Å². The number of ether oxygens (including phenoxy) is 1. The van der Waals surface area contributed by atoms with E-state index in [1.807, 2.05) is 24.3 Å². The van der Waals surface area contributed by atoms with Crippen molar-refractivity contribution in [2.24, 2.45) is 0 Å². The molecule has 0 atom stereocenters. The van der Waals surface area contributed by atoms with Gasteiger partial charge < -0.3 is 15.2 Å². The fraction of sp³-hybridized carbons (Fsp3) is 0.500. The van der Waals surface area contributed by atoms with Gasteiger partial charge in [-0.3, -0.25) is 4.79 Å². The van der Waals surface area contributed by atoms with Gasteiger partial charge in [0.15, 0.2) is 0 Å². The van der Waals surface area contributed by atoms with Crippen molar-refractivity contribution in [2.45, 2.75) is 19.3 Å². The molecular weight excluding hydrogens is 266 g/mol. The van der Waals surface area contributed by atoms with Gasteiger partial charge in [0.1, 0.15) is 0 Å². The number of carbonyl (C=O) groups is 1. The number of amides is 1. The number of carbonyl (C=O) groups excluding carboxylic acids is 1. The maximum atomic E-state index is 11.5. The standard InChI is InChI=1S/C14H20ClNO3/c15-13-6-4-12(5-7-13)2-1-3-14(18)16-8-10-19-11-9-17/h4-7,17H,1-3,8-11H2,(H,16,18). The molecule has 0 aromatic heterocycles. The van der Waals surface area contributed by atoms with E-state index in [4.69, 9.17) is 21.4 Å². The van der Waals surface area contributed by atoms with Crippen LogP contribution >= 0.6 is 11.6 Å². The fourth-order valence-corrected chi connectivity index (χ4v) is 1.75. The SMILES string of the molecule is O=C(CCCc1ccc(Cl)cc1)NCCOCCO. The molecule has 1 aromatic carbocycles. The minimum Gasteiger partial charge on any atom is -0.394 e. The number of nitrogens with one attached hydrogen (secondary N) is 1. The van der Waals surface area contributed by atoms with E-state index in [0.29, 0.717) is 26.2 Å². The molecule has 0 radical (unpaired) electrons. The Morgan fingerprint density at radius 3 is 2.68 bits per heavy atom. The molecule has 1 amide bonds. The maximum Gasteiger partial charge on any atom is 0.220 e. The van der Waals surface area contributed by atoms with E-state index in [-0.39, 0.29) is 12.5 Å². The van der Waals surface area contributed by atoms with Crippen LogP contribution in [0.1, 0.15) is 18.4 Å². The Morgan fingerprint density at radius 1 is 1.26 bits per heavy atom. The molecule has 0 bridgehead atoms. The Hall–Kier alpha value is -1.10. The molecule has 0 saturated carbocycles. The minimum atomic E-state index is 0.00897. The van der Waals surface area contributed by atoms with Gasteiger partial charge in [0.05, 0.1) is 19.8 Å². The van der Waals surface area contributed by atoms with E-state index in [9.17, 15) is 4.79 Å². The molecule has 19 heavy (non-hydrogen) atoms. The Labute approximate surface area is 118 Å². The average molecular weight is 286 g/mol.